The molecule has 2 aromatic rings. The number of likely N-dealkylation sites (tertiary alicyclic amines) is 1. The average molecular weight is 545 g/mol. The van der Waals surface area contributed by atoms with Crippen molar-refractivity contribution in [3.63, 3.8) is 0 Å². The Balaban J connectivity index is 1.72. The van der Waals surface area contributed by atoms with Crippen LogP contribution in [0.25, 0.3) is 10.4 Å². The van der Waals surface area contributed by atoms with Crippen molar-refractivity contribution in [2.24, 2.45) is 5.41 Å². The highest BCUT2D eigenvalue weighted by Crippen LogP contribution is 2.29. The zero-order valence-corrected chi connectivity index (χ0v) is 24.3. The Morgan fingerprint density at radius 1 is 1.11 bits per heavy atom. The molecule has 1 saturated heterocycles. The molecule has 38 heavy (non-hydrogen) atoms. The van der Waals surface area contributed by atoms with Crippen molar-refractivity contribution >= 4 is 29.2 Å². The number of amides is 3. The number of nitrogens with one attached hydrogen (secondary N) is 2. The Kier molecular flexibility index (Phi) is 8.88. The van der Waals surface area contributed by atoms with Crippen LogP contribution in [0.15, 0.2) is 29.8 Å². The molecule has 9 nitrogen and oxygen atoms in total. The molecule has 0 saturated carbocycles. The van der Waals surface area contributed by atoms with E-state index in [1.807, 2.05) is 64.4 Å². The number of carbonyl (C=O) groups is 3. The lowest BCUT2D eigenvalue weighted by Crippen LogP contribution is -2.58. The molecular formula is C28H40N4O5S. The third-order valence-corrected chi connectivity index (χ3v) is 7.39. The van der Waals surface area contributed by atoms with Gasteiger partial charge in [0, 0.05) is 13.0 Å². The number of thiazole rings is 1. The number of hydrogen-bond donors (Lipinski definition) is 3. The van der Waals surface area contributed by atoms with Crippen LogP contribution in [0.3, 0.4) is 0 Å². The first-order valence-electron chi connectivity index (χ1n) is 12.9. The number of carbonyl (C=O) groups excluding carboxylic acids is 3. The summed E-state index contributed by atoms with van der Waals surface area (Å²) in [5.74, 6) is -0.785. The molecule has 4 unspecified atom stereocenters. The van der Waals surface area contributed by atoms with Crippen molar-refractivity contribution in [3.05, 3.63) is 41.0 Å². The van der Waals surface area contributed by atoms with Gasteiger partial charge in [0.2, 0.25) is 11.8 Å². The molecule has 1 aromatic carbocycles. The number of ether oxygens (including phenoxy) is 1. The third kappa shape index (κ3) is 7.32. The van der Waals surface area contributed by atoms with Crippen molar-refractivity contribution in [2.75, 3.05) is 6.54 Å². The summed E-state index contributed by atoms with van der Waals surface area (Å²) in [5.41, 5.74) is 3.39. The Morgan fingerprint density at radius 3 is 2.26 bits per heavy atom. The maximum Gasteiger partial charge on any atom is 0.408 e. The second kappa shape index (κ2) is 11.4. The summed E-state index contributed by atoms with van der Waals surface area (Å²) in [6, 6.07) is 5.82. The van der Waals surface area contributed by atoms with Crippen LogP contribution in [0.2, 0.25) is 0 Å². The van der Waals surface area contributed by atoms with Gasteiger partial charge < -0.3 is 25.4 Å². The van der Waals surface area contributed by atoms with Crippen molar-refractivity contribution in [1.82, 2.24) is 20.5 Å². The lowest BCUT2D eigenvalue weighted by molar-refractivity contribution is -0.142. The van der Waals surface area contributed by atoms with Gasteiger partial charge in [-0.05, 0) is 51.2 Å². The van der Waals surface area contributed by atoms with Gasteiger partial charge in [0.25, 0.3) is 0 Å². The summed E-state index contributed by atoms with van der Waals surface area (Å²) < 4.78 is 5.36. The Bertz CT molecular complexity index is 1150. The minimum absolute atomic E-state index is 0.0107. The molecule has 0 spiro atoms. The second-order valence-corrected chi connectivity index (χ2v) is 12.8. The zero-order valence-electron chi connectivity index (χ0n) is 23.5. The zero-order chi connectivity index (χ0) is 28.4. The molecule has 1 aromatic heterocycles. The van der Waals surface area contributed by atoms with Crippen LogP contribution in [0.4, 0.5) is 4.79 Å². The molecule has 3 amide bonds. The predicted molar refractivity (Wildman–Crippen MR) is 148 cm³/mol. The molecule has 3 N–H and O–H groups in total. The van der Waals surface area contributed by atoms with Gasteiger partial charge in [0.15, 0.2) is 0 Å². The lowest BCUT2D eigenvalue weighted by atomic mass is 9.85. The summed E-state index contributed by atoms with van der Waals surface area (Å²) in [4.78, 5) is 46.3. The monoisotopic (exact) mass is 544 g/mol. The summed E-state index contributed by atoms with van der Waals surface area (Å²) in [6.07, 6.45) is -1.43. The Morgan fingerprint density at radius 2 is 1.74 bits per heavy atom. The van der Waals surface area contributed by atoms with Gasteiger partial charge in [-0.3, -0.25) is 9.59 Å². The first-order chi connectivity index (χ1) is 17.6. The van der Waals surface area contributed by atoms with Crippen molar-refractivity contribution in [2.45, 2.75) is 91.6 Å². The smallest absolute Gasteiger partial charge is 0.408 e. The van der Waals surface area contributed by atoms with Gasteiger partial charge in [0.05, 0.1) is 28.2 Å². The van der Waals surface area contributed by atoms with E-state index < -0.39 is 41.2 Å². The van der Waals surface area contributed by atoms with Gasteiger partial charge in [-0.1, -0.05) is 45.0 Å². The molecule has 0 aliphatic carbocycles. The lowest BCUT2D eigenvalue weighted by Gasteiger charge is -2.35. The number of benzene rings is 1. The van der Waals surface area contributed by atoms with Crippen molar-refractivity contribution in [1.29, 1.82) is 0 Å². The van der Waals surface area contributed by atoms with E-state index >= 15 is 0 Å². The molecule has 0 bridgehead atoms. The van der Waals surface area contributed by atoms with E-state index in [0.717, 1.165) is 21.7 Å². The van der Waals surface area contributed by atoms with Crippen LogP contribution in [0, 0.1) is 12.3 Å². The molecule has 1 aliphatic rings. The highest BCUT2D eigenvalue weighted by Gasteiger charge is 2.45. The summed E-state index contributed by atoms with van der Waals surface area (Å²) in [5, 5.41) is 16.1. The van der Waals surface area contributed by atoms with Crippen LogP contribution in [0.5, 0.6) is 0 Å². The minimum Gasteiger partial charge on any atom is -0.444 e. The standard InChI is InChI=1S/C28H40N4O5S/c1-16(18-9-11-19(12-10-18)22-17(2)29-15-38-22)30-24(34)21-13-20(33)14-32(21)25(35)23(27(3,4)5)31-26(36)37-28(6,7)8/h9-12,15-16,20-21,23,33H,13-14H2,1-8H3,(H,30,34)(H,31,36). The number of aromatic nitrogens is 1. The molecule has 1 aliphatic heterocycles. The van der Waals surface area contributed by atoms with Gasteiger partial charge >= 0.3 is 6.09 Å². The fourth-order valence-corrected chi connectivity index (χ4v) is 5.25. The molecule has 10 heteroatoms. The maximum absolute atomic E-state index is 13.6. The Labute approximate surface area is 229 Å². The third-order valence-electron chi connectivity index (χ3n) is 6.42. The van der Waals surface area contributed by atoms with Gasteiger partial charge in [-0.2, -0.15) is 0 Å². The minimum atomic E-state index is -0.946. The molecule has 1 fully saturated rings. The van der Waals surface area contributed by atoms with E-state index in [1.54, 1.807) is 32.1 Å². The SMILES string of the molecule is Cc1ncsc1-c1ccc(C(C)NC(=O)C2CC(O)CN2C(=O)C(NC(=O)OC(C)(C)C)C(C)(C)C)cc1. The number of aliphatic hydroxyl groups excluding tert-OH is 1. The number of nitrogens with zero attached hydrogens (tertiary/aromatic N) is 2. The van der Waals surface area contributed by atoms with E-state index in [1.165, 1.54) is 4.90 Å². The molecule has 3 rings (SSSR count). The molecular weight excluding hydrogens is 504 g/mol. The topological polar surface area (TPSA) is 121 Å². The highest BCUT2D eigenvalue weighted by atomic mass is 32.1. The summed E-state index contributed by atoms with van der Waals surface area (Å²) in [6.45, 7) is 14.6. The number of β-amino-alcohol motifs (C(OH)–C–C–N with tert-alkyl or cyclic N) is 1. The first kappa shape index (κ1) is 29.6. The van der Waals surface area contributed by atoms with Crippen LogP contribution in [0.1, 0.15) is 72.2 Å². The normalized spacial score (nSPS) is 19.6. The molecule has 4 atom stereocenters. The Hall–Kier alpha value is -2.98. The van der Waals surface area contributed by atoms with Crippen LogP contribution < -0.4 is 10.6 Å². The molecule has 208 valence electrons. The van der Waals surface area contributed by atoms with E-state index in [0.29, 0.717) is 0 Å². The number of hydrogen-bond acceptors (Lipinski definition) is 7. The van der Waals surface area contributed by atoms with Gasteiger partial charge in [0.1, 0.15) is 17.7 Å². The first-order valence-corrected chi connectivity index (χ1v) is 13.7. The molecule has 0 radical (unpaired) electrons. The average Bonchev–Trinajstić information content (AvgIpc) is 3.40. The summed E-state index contributed by atoms with van der Waals surface area (Å²) in [7, 11) is 0. The quantitative estimate of drug-likeness (QED) is 0.501. The maximum atomic E-state index is 13.6. The number of rotatable bonds is 6. The number of aliphatic hydroxyl groups is 1. The van der Waals surface area contributed by atoms with Crippen LogP contribution >= 0.6 is 11.3 Å². The molecule has 2 heterocycles. The van der Waals surface area contributed by atoms with Crippen LogP contribution in [-0.2, 0) is 14.3 Å². The van der Waals surface area contributed by atoms with E-state index in [4.69, 9.17) is 4.74 Å². The van der Waals surface area contributed by atoms with E-state index in [-0.39, 0.29) is 24.9 Å². The van der Waals surface area contributed by atoms with Crippen molar-refractivity contribution < 1.29 is 24.2 Å². The predicted octanol–water partition coefficient (Wildman–Crippen LogP) is 4.20. The fourth-order valence-electron chi connectivity index (χ4n) is 4.44. The summed E-state index contributed by atoms with van der Waals surface area (Å²) >= 11 is 1.58. The number of aryl methyl sites for hydroxylation is 1. The number of alkyl carbamates (subject to hydrolysis) is 1. The fraction of sp³-hybridized carbons (Fsp3) is 0.571. The van der Waals surface area contributed by atoms with Gasteiger partial charge in [-0.25, -0.2) is 9.78 Å². The van der Waals surface area contributed by atoms with E-state index in [9.17, 15) is 19.5 Å². The van der Waals surface area contributed by atoms with Crippen LogP contribution in [-0.4, -0.2) is 63.2 Å². The van der Waals surface area contributed by atoms with E-state index in [2.05, 4.69) is 15.6 Å². The highest BCUT2D eigenvalue weighted by molar-refractivity contribution is 7.13. The largest absolute Gasteiger partial charge is 0.444 e. The van der Waals surface area contributed by atoms with Gasteiger partial charge in [-0.15, -0.1) is 11.3 Å². The van der Waals surface area contributed by atoms with Crippen molar-refractivity contribution in [3.8, 4) is 10.4 Å². The second-order valence-electron chi connectivity index (χ2n) is 12.0.